The quantitative estimate of drug-likeness (QED) is 0.299. The Morgan fingerprint density at radius 1 is 1.28 bits per heavy atom. The standard InChI is InChI=1S/C15H21NO9/c1-16-5-8(18)6-2-3-9(7(17)4-6)24-15-12(21)10(19)11(20)13(25-15)14(22)23/h2-4,8,10-13,15-21H,5H2,1H3,(H,22,23)/t8?,10-,11-,12?,13?,15+/m0/s1. The molecule has 10 nitrogen and oxygen atoms in total. The highest BCUT2D eigenvalue weighted by Gasteiger charge is 2.48. The van der Waals surface area contributed by atoms with Gasteiger partial charge in [0.1, 0.15) is 18.3 Å². The normalized spacial score (nSPS) is 30.7. The van der Waals surface area contributed by atoms with E-state index in [0.29, 0.717) is 5.56 Å². The van der Waals surface area contributed by atoms with E-state index in [1.807, 2.05) is 0 Å². The van der Waals surface area contributed by atoms with Crippen molar-refractivity contribution in [1.29, 1.82) is 0 Å². The van der Waals surface area contributed by atoms with Gasteiger partial charge in [0.2, 0.25) is 6.29 Å². The number of likely N-dealkylation sites (N-methyl/N-ethyl adjacent to an activating group) is 1. The number of phenols is 1. The van der Waals surface area contributed by atoms with Crippen molar-refractivity contribution < 1.29 is 44.9 Å². The summed E-state index contributed by atoms with van der Waals surface area (Å²) in [5.41, 5.74) is 0.406. The van der Waals surface area contributed by atoms with Crippen molar-refractivity contribution in [2.45, 2.75) is 36.8 Å². The third-order valence-electron chi connectivity index (χ3n) is 3.82. The lowest BCUT2D eigenvalue weighted by Gasteiger charge is -2.38. The molecule has 10 heteroatoms. The third kappa shape index (κ3) is 4.18. The number of hydrogen-bond acceptors (Lipinski definition) is 9. The second-order valence-corrected chi connectivity index (χ2v) is 5.65. The van der Waals surface area contributed by atoms with Gasteiger partial charge in [-0.05, 0) is 24.7 Å². The first-order valence-corrected chi connectivity index (χ1v) is 7.51. The fourth-order valence-electron chi connectivity index (χ4n) is 2.43. The second-order valence-electron chi connectivity index (χ2n) is 5.65. The largest absolute Gasteiger partial charge is 0.504 e. The minimum Gasteiger partial charge on any atom is -0.504 e. The fourth-order valence-corrected chi connectivity index (χ4v) is 2.43. The predicted octanol–water partition coefficient (Wildman–Crippen LogP) is -2.08. The summed E-state index contributed by atoms with van der Waals surface area (Å²) < 4.78 is 10.2. The van der Waals surface area contributed by atoms with E-state index in [-0.39, 0.29) is 18.0 Å². The number of aromatic hydroxyl groups is 1. The number of hydrogen-bond donors (Lipinski definition) is 7. The summed E-state index contributed by atoms with van der Waals surface area (Å²) in [5, 5.41) is 60.8. The topological polar surface area (TPSA) is 169 Å². The van der Waals surface area contributed by atoms with Gasteiger partial charge in [-0.3, -0.25) is 0 Å². The molecule has 0 radical (unpaired) electrons. The maximum absolute atomic E-state index is 11.0. The third-order valence-corrected chi connectivity index (χ3v) is 3.82. The van der Waals surface area contributed by atoms with Crippen LogP contribution in [0.2, 0.25) is 0 Å². The Morgan fingerprint density at radius 2 is 1.96 bits per heavy atom. The molecule has 1 saturated heterocycles. The van der Waals surface area contributed by atoms with Gasteiger partial charge in [0, 0.05) is 6.54 Å². The molecule has 0 amide bonds. The molecule has 1 heterocycles. The number of phenolic OH excluding ortho intramolecular Hbond substituents is 1. The molecule has 1 aliphatic rings. The van der Waals surface area contributed by atoms with E-state index in [4.69, 9.17) is 14.6 Å². The summed E-state index contributed by atoms with van der Waals surface area (Å²) in [6.07, 6.45) is -9.67. The lowest BCUT2D eigenvalue weighted by molar-refractivity contribution is -0.271. The van der Waals surface area contributed by atoms with E-state index in [0.717, 1.165) is 0 Å². The van der Waals surface area contributed by atoms with E-state index in [1.54, 1.807) is 7.05 Å². The van der Waals surface area contributed by atoms with Crippen molar-refractivity contribution in [3.63, 3.8) is 0 Å². The van der Waals surface area contributed by atoms with Crippen molar-refractivity contribution in [3.8, 4) is 11.5 Å². The summed E-state index contributed by atoms with van der Waals surface area (Å²) in [4.78, 5) is 11.0. The van der Waals surface area contributed by atoms with Crippen LogP contribution in [0.3, 0.4) is 0 Å². The maximum atomic E-state index is 11.0. The molecule has 7 N–H and O–H groups in total. The van der Waals surface area contributed by atoms with Crippen LogP contribution in [-0.4, -0.2) is 80.9 Å². The number of carboxylic acid groups (broad SMARTS) is 1. The van der Waals surface area contributed by atoms with Crippen molar-refractivity contribution in [3.05, 3.63) is 23.8 Å². The molecule has 0 aliphatic carbocycles. The number of ether oxygens (including phenoxy) is 2. The van der Waals surface area contributed by atoms with Crippen LogP contribution in [0.4, 0.5) is 0 Å². The Morgan fingerprint density at radius 3 is 2.52 bits per heavy atom. The van der Waals surface area contributed by atoms with Crippen molar-refractivity contribution >= 4 is 5.97 Å². The summed E-state index contributed by atoms with van der Waals surface area (Å²) in [7, 11) is 1.65. The molecule has 140 valence electrons. The minimum atomic E-state index is -1.83. The number of aliphatic carboxylic acids is 1. The average molecular weight is 359 g/mol. The first kappa shape index (κ1) is 19.4. The first-order valence-electron chi connectivity index (χ1n) is 7.51. The number of carbonyl (C=O) groups is 1. The van der Waals surface area contributed by atoms with Gasteiger partial charge >= 0.3 is 5.97 Å². The van der Waals surface area contributed by atoms with Crippen LogP contribution in [0.5, 0.6) is 11.5 Å². The number of benzene rings is 1. The van der Waals surface area contributed by atoms with Crippen LogP contribution >= 0.6 is 0 Å². The van der Waals surface area contributed by atoms with Gasteiger partial charge < -0.3 is 45.4 Å². The van der Waals surface area contributed by atoms with Crippen molar-refractivity contribution in [2.24, 2.45) is 0 Å². The van der Waals surface area contributed by atoms with E-state index >= 15 is 0 Å². The Balaban J connectivity index is 2.16. The number of carboxylic acids is 1. The van der Waals surface area contributed by atoms with Gasteiger partial charge in [0.05, 0.1) is 6.10 Å². The zero-order valence-electron chi connectivity index (χ0n) is 13.3. The molecule has 0 saturated carbocycles. The van der Waals surface area contributed by atoms with Crippen molar-refractivity contribution in [2.75, 3.05) is 13.6 Å². The first-order chi connectivity index (χ1) is 11.8. The number of nitrogens with one attached hydrogen (secondary N) is 1. The molecule has 1 fully saturated rings. The molecule has 25 heavy (non-hydrogen) atoms. The summed E-state index contributed by atoms with van der Waals surface area (Å²) in [5.74, 6) is -2.07. The monoisotopic (exact) mass is 359 g/mol. The zero-order valence-corrected chi connectivity index (χ0v) is 13.3. The summed E-state index contributed by atoms with van der Waals surface area (Å²) in [6, 6.07) is 4.01. The zero-order chi connectivity index (χ0) is 18.7. The molecule has 2 rings (SSSR count). The maximum Gasteiger partial charge on any atom is 0.335 e. The molecule has 1 aliphatic heterocycles. The Labute approximate surface area is 142 Å². The molecule has 1 aromatic carbocycles. The molecule has 0 spiro atoms. The average Bonchev–Trinajstić information content (AvgIpc) is 2.56. The van der Waals surface area contributed by atoms with Gasteiger partial charge in [-0.25, -0.2) is 4.79 Å². The van der Waals surface area contributed by atoms with Crippen LogP contribution in [0.1, 0.15) is 11.7 Å². The molecular formula is C15H21NO9. The van der Waals surface area contributed by atoms with E-state index in [1.165, 1.54) is 18.2 Å². The highest BCUT2D eigenvalue weighted by molar-refractivity contribution is 5.73. The summed E-state index contributed by atoms with van der Waals surface area (Å²) in [6.45, 7) is 0.258. The minimum absolute atomic E-state index is 0.155. The fraction of sp³-hybridized carbons (Fsp3) is 0.533. The van der Waals surface area contributed by atoms with Crippen LogP contribution in [0.25, 0.3) is 0 Å². The number of rotatable bonds is 6. The van der Waals surface area contributed by atoms with E-state index in [9.17, 15) is 30.3 Å². The second kappa shape index (κ2) is 7.95. The van der Waals surface area contributed by atoms with Crippen LogP contribution < -0.4 is 10.1 Å². The van der Waals surface area contributed by atoms with E-state index < -0.39 is 42.8 Å². The Bertz CT molecular complexity index is 611. The molecule has 3 unspecified atom stereocenters. The molecule has 6 atom stereocenters. The lowest BCUT2D eigenvalue weighted by atomic mass is 9.99. The predicted molar refractivity (Wildman–Crippen MR) is 81.9 cm³/mol. The highest BCUT2D eigenvalue weighted by Crippen LogP contribution is 2.32. The molecule has 0 bridgehead atoms. The Kier molecular flexibility index (Phi) is 6.16. The van der Waals surface area contributed by atoms with Crippen LogP contribution in [0, 0.1) is 0 Å². The summed E-state index contributed by atoms with van der Waals surface area (Å²) >= 11 is 0. The molecule has 1 aromatic rings. The highest BCUT2D eigenvalue weighted by atomic mass is 16.7. The molecular weight excluding hydrogens is 338 g/mol. The number of aliphatic hydroxyl groups excluding tert-OH is 4. The molecule has 0 aromatic heterocycles. The van der Waals surface area contributed by atoms with Gasteiger partial charge in [-0.1, -0.05) is 6.07 Å². The number of aliphatic hydroxyl groups is 4. The lowest BCUT2D eigenvalue weighted by Crippen LogP contribution is -2.61. The Hall–Kier alpha value is -1.95. The smallest absolute Gasteiger partial charge is 0.335 e. The van der Waals surface area contributed by atoms with Gasteiger partial charge in [0.15, 0.2) is 17.6 Å². The van der Waals surface area contributed by atoms with E-state index in [2.05, 4.69) is 5.32 Å². The van der Waals surface area contributed by atoms with Crippen molar-refractivity contribution in [1.82, 2.24) is 5.32 Å². The van der Waals surface area contributed by atoms with Gasteiger partial charge in [0.25, 0.3) is 0 Å². The van der Waals surface area contributed by atoms with Gasteiger partial charge in [-0.15, -0.1) is 0 Å². The van der Waals surface area contributed by atoms with Crippen LogP contribution in [-0.2, 0) is 9.53 Å². The SMILES string of the molecule is CNCC(O)c1ccc(O[C@@H]2OC(C(=O)O)[C@@H](O)[C@H](O)C2O)c(O)c1. The van der Waals surface area contributed by atoms with Crippen LogP contribution in [0.15, 0.2) is 18.2 Å². The van der Waals surface area contributed by atoms with Gasteiger partial charge in [-0.2, -0.15) is 0 Å².